The van der Waals surface area contributed by atoms with E-state index >= 15 is 0 Å². The highest BCUT2D eigenvalue weighted by Gasteiger charge is 2.42. The molecule has 1 saturated carbocycles. The Hall–Kier alpha value is -1.13. The Bertz CT molecular complexity index is 539. The number of amides is 1. The van der Waals surface area contributed by atoms with Crippen LogP contribution in [0.4, 0.5) is 5.69 Å². The summed E-state index contributed by atoms with van der Waals surface area (Å²) in [6.07, 6.45) is 4.52. The summed E-state index contributed by atoms with van der Waals surface area (Å²) in [5.74, 6) is -0.128. The molecule has 108 valence electrons. The number of hydrogen-bond donors (Lipinski definition) is 2. The molecule has 20 heavy (non-hydrogen) atoms. The number of benzene rings is 1. The normalized spacial score (nSPS) is 17.5. The zero-order valence-electron chi connectivity index (χ0n) is 11.5. The first kappa shape index (κ1) is 15.3. The fraction of sp³-hybridized carbons (Fsp3) is 0.467. The molecule has 0 spiro atoms. The third kappa shape index (κ3) is 2.96. The first-order chi connectivity index (χ1) is 9.45. The van der Waals surface area contributed by atoms with Crippen molar-refractivity contribution in [3.8, 4) is 0 Å². The van der Waals surface area contributed by atoms with Gasteiger partial charge in [-0.1, -0.05) is 49.1 Å². The maximum Gasteiger partial charge on any atom is 0.237 e. The molecule has 1 aromatic rings. The first-order valence-corrected chi connectivity index (χ1v) is 7.62. The highest BCUT2D eigenvalue weighted by molar-refractivity contribution is 7.80. The van der Waals surface area contributed by atoms with Crippen molar-refractivity contribution in [3.63, 3.8) is 0 Å². The molecule has 1 aliphatic rings. The molecule has 0 bridgehead atoms. The monoisotopic (exact) mass is 310 g/mol. The zero-order valence-corrected chi connectivity index (χ0v) is 13.1. The van der Waals surface area contributed by atoms with Gasteiger partial charge in [-0.05, 0) is 37.5 Å². The van der Waals surface area contributed by atoms with Gasteiger partial charge in [0.2, 0.25) is 5.91 Å². The number of carbonyl (C=O) groups is 1. The number of thiocarbonyl (C=S) groups is 1. The molecule has 1 aliphatic carbocycles. The van der Waals surface area contributed by atoms with E-state index in [0.29, 0.717) is 15.7 Å². The Morgan fingerprint density at radius 1 is 1.35 bits per heavy atom. The van der Waals surface area contributed by atoms with Gasteiger partial charge in [0.05, 0.1) is 21.1 Å². The van der Waals surface area contributed by atoms with Gasteiger partial charge >= 0.3 is 0 Å². The third-order valence-corrected chi connectivity index (χ3v) is 4.70. The molecule has 0 radical (unpaired) electrons. The second-order valence-corrected chi connectivity index (χ2v) is 6.29. The molecule has 0 unspecified atom stereocenters. The minimum absolute atomic E-state index is 0.128. The van der Waals surface area contributed by atoms with E-state index in [-0.39, 0.29) is 5.91 Å². The van der Waals surface area contributed by atoms with Crippen LogP contribution in [0.15, 0.2) is 18.2 Å². The molecule has 0 heterocycles. The number of aryl methyl sites for hydroxylation is 1. The van der Waals surface area contributed by atoms with Gasteiger partial charge in [0.1, 0.15) is 0 Å². The Morgan fingerprint density at radius 3 is 2.60 bits per heavy atom. The fourth-order valence-corrected chi connectivity index (χ4v) is 3.18. The molecule has 1 amide bonds. The third-order valence-electron chi connectivity index (χ3n) is 3.98. The number of carbonyl (C=O) groups excluding carboxylic acids is 1. The van der Waals surface area contributed by atoms with Crippen LogP contribution < -0.4 is 11.1 Å². The predicted molar refractivity (Wildman–Crippen MR) is 87.1 cm³/mol. The highest BCUT2D eigenvalue weighted by atomic mass is 35.5. The molecule has 0 saturated heterocycles. The molecule has 5 heteroatoms. The quantitative estimate of drug-likeness (QED) is 0.834. The average Bonchev–Trinajstić information content (AvgIpc) is 2.43. The van der Waals surface area contributed by atoms with E-state index in [1.807, 2.05) is 19.1 Å². The number of anilines is 1. The summed E-state index contributed by atoms with van der Waals surface area (Å²) in [6.45, 7) is 1.95. The van der Waals surface area contributed by atoms with Crippen molar-refractivity contribution in [3.05, 3.63) is 28.8 Å². The van der Waals surface area contributed by atoms with Crippen molar-refractivity contribution in [1.82, 2.24) is 0 Å². The summed E-state index contributed by atoms with van der Waals surface area (Å²) >= 11 is 11.3. The van der Waals surface area contributed by atoms with Crippen molar-refractivity contribution >= 4 is 40.4 Å². The van der Waals surface area contributed by atoms with Gasteiger partial charge in [-0.3, -0.25) is 4.79 Å². The van der Waals surface area contributed by atoms with Crippen LogP contribution in [0.5, 0.6) is 0 Å². The lowest BCUT2D eigenvalue weighted by Gasteiger charge is -2.34. The summed E-state index contributed by atoms with van der Waals surface area (Å²) in [7, 11) is 0. The van der Waals surface area contributed by atoms with Gasteiger partial charge in [0.15, 0.2) is 0 Å². The van der Waals surface area contributed by atoms with Gasteiger partial charge in [0, 0.05) is 0 Å². The van der Waals surface area contributed by atoms with Crippen LogP contribution in [0.1, 0.15) is 37.7 Å². The Labute approximate surface area is 129 Å². The van der Waals surface area contributed by atoms with Gasteiger partial charge < -0.3 is 11.1 Å². The Balaban J connectivity index is 2.25. The van der Waals surface area contributed by atoms with E-state index in [4.69, 9.17) is 29.6 Å². The molecule has 2 rings (SSSR count). The second kappa shape index (κ2) is 6.10. The number of nitrogens with one attached hydrogen (secondary N) is 1. The molecule has 0 atom stereocenters. The fourth-order valence-electron chi connectivity index (χ4n) is 2.72. The standard InChI is InChI=1S/C15H19ClN2OS/c1-10-5-6-11(16)12(9-10)18-14(19)15(13(17)20)7-3-2-4-8-15/h5-6,9H,2-4,7-8H2,1H3,(H2,17,20)(H,18,19). The molecular formula is C15H19ClN2OS. The number of hydrogen-bond acceptors (Lipinski definition) is 2. The minimum Gasteiger partial charge on any atom is -0.392 e. The number of nitrogens with two attached hydrogens (primary N) is 1. The van der Waals surface area contributed by atoms with Gasteiger partial charge in [-0.25, -0.2) is 0 Å². The zero-order chi connectivity index (χ0) is 14.8. The van der Waals surface area contributed by atoms with Crippen molar-refractivity contribution in [1.29, 1.82) is 0 Å². The number of halogens is 1. The van der Waals surface area contributed by atoms with Crippen LogP contribution in [0.25, 0.3) is 0 Å². The molecule has 0 aromatic heterocycles. The van der Waals surface area contributed by atoms with E-state index in [0.717, 1.165) is 37.7 Å². The van der Waals surface area contributed by atoms with Crippen LogP contribution in [-0.2, 0) is 4.79 Å². The summed E-state index contributed by atoms with van der Waals surface area (Å²) in [5.41, 5.74) is 6.80. The average molecular weight is 311 g/mol. The topological polar surface area (TPSA) is 55.1 Å². The maximum atomic E-state index is 12.7. The van der Waals surface area contributed by atoms with Gasteiger partial charge in [0.25, 0.3) is 0 Å². The van der Waals surface area contributed by atoms with Crippen LogP contribution in [0.2, 0.25) is 5.02 Å². The van der Waals surface area contributed by atoms with E-state index < -0.39 is 5.41 Å². The summed E-state index contributed by atoms with van der Waals surface area (Å²) in [6, 6.07) is 5.54. The van der Waals surface area contributed by atoms with Gasteiger partial charge in [-0.15, -0.1) is 0 Å². The van der Waals surface area contributed by atoms with Crippen LogP contribution >= 0.6 is 23.8 Å². The Morgan fingerprint density at radius 2 is 2.00 bits per heavy atom. The van der Waals surface area contributed by atoms with Crippen molar-refractivity contribution in [2.24, 2.45) is 11.1 Å². The van der Waals surface area contributed by atoms with Gasteiger partial charge in [-0.2, -0.15) is 0 Å². The smallest absolute Gasteiger partial charge is 0.237 e. The second-order valence-electron chi connectivity index (χ2n) is 5.44. The molecular weight excluding hydrogens is 292 g/mol. The summed E-state index contributed by atoms with van der Waals surface area (Å²) < 4.78 is 0. The lowest BCUT2D eigenvalue weighted by Crippen LogP contribution is -2.47. The lowest BCUT2D eigenvalue weighted by atomic mass is 9.73. The first-order valence-electron chi connectivity index (χ1n) is 6.83. The molecule has 3 nitrogen and oxygen atoms in total. The largest absolute Gasteiger partial charge is 0.392 e. The summed E-state index contributed by atoms with van der Waals surface area (Å²) in [5, 5.41) is 3.43. The minimum atomic E-state index is -0.722. The molecule has 0 aliphatic heterocycles. The Kier molecular flexibility index (Phi) is 4.66. The van der Waals surface area contributed by atoms with E-state index in [2.05, 4.69) is 5.32 Å². The SMILES string of the molecule is Cc1ccc(Cl)c(NC(=O)C2(C(N)=S)CCCCC2)c1. The molecule has 1 aromatic carbocycles. The van der Waals surface area contributed by atoms with Crippen LogP contribution in [-0.4, -0.2) is 10.9 Å². The maximum absolute atomic E-state index is 12.7. The van der Waals surface area contributed by atoms with Crippen molar-refractivity contribution in [2.45, 2.75) is 39.0 Å². The lowest BCUT2D eigenvalue weighted by molar-refractivity contribution is -0.123. The molecule has 3 N–H and O–H groups in total. The van der Waals surface area contributed by atoms with E-state index in [1.54, 1.807) is 6.07 Å². The van der Waals surface area contributed by atoms with Crippen LogP contribution in [0, 0.1) is 12.3 Å². The predicted octanol–water partition coefficient (Wildman–Crippen LogP) is 3.82. The summed E-state index contributed by atoms with van der Waals surface area (Å²) in [4.78, 5) is 12.9. The van der Waals surface area contributed by atoms with E-state index in [9.17, 15) is 4.79 Å². The van der Waals surface area contributed by atoms with Crippen molar-refractivity contribution < 1.29 is 4.79 Å². The van der Waals surface area contributed by atoms with Crippen LogP contribution in [0.3, 0.4) is 0 Å². The molecule has 1 fully saturated rings. The number of rotatable bonds is 3. The highest BCUT2D eigenvalue weighted by Crippen LogP contribution is 2.38. The van der Waals surface area contributed by atoms with Crippen molar-refractivity contribution in [2.75, 3.05) is 5.32 Å². The van der Waals surface area contributed by atoms with E-state index in [1.165, 1.54) is 0 Å².